The number of pyridine rings is 1. The highest BCUT2D eigenvalue weighted by atomic mass is 32.1. The van der Waals surface area contributed by atoms with E-state index in [9.17, 15) is 0 Å². The fourth-order valence-corrected chi connectivity index (χ4v) is 2.28. The van der Waals surface area contributed by atoms with Crippen LogP contribution in [0.5, 0.6) is 0 Å². The molecule has 0 unspecified atom stereocenters. The van der Waals surface area contributed by atoms with Gasteiger partial charge in [-0.25, -0.2) is 0 Å². The van der Waals surface area contributed by atoms with Crippen LogP contribution in [-0.4, -0.2) is 4.98 Å². The Bertz CT molecular complexity index is 448. The van der Waals surface area contributed by atoms with E-state index >= 15 is 0 Å². The van der Waals surface area contributed by atoms with E-state index in [2.05, 4.69) is 34.7 Å². The molecule has 0 saturated heterocycles. The summed E-state index contributed by atoms with van der Waals surface area (Å²) in [5, 5.41) is 5.53. The van der Waals surface area contributed by atoms with Crippen LogP contribution in [0.2, 0.25) is 0 Å². The zero-order chi connectivity index (χ0) is 10.7. The summed E-state index contributed by atoms with van der Waals surface area (Å²) in [6.45, 7) is 5.04. The highest BCUT2D eigenvalue weighted by Gasteiger charge is 2.01. The Morgan fingerprint density at radius 1 is 1.33 bits per heavy atom. The zero-order valence-electron chi connectivity index (χ0n) is 8.95. The molecule has 0 spiro atoms. The molecule has 0 saturated carbocycles. The van der Waals surface area contributed by atoms with E-state index < -0.39 is 0 Å². The average molecular weight is 218 g/mol. The smallest absolute Gasteiger partial charge is 0.0603 e. The molecule has 0 aliphatic heterocycles. The van der Waals surface area contributed by atoms with Crippen molar-refractivity contribution < 1.29 is 0 Å². The minimum atomic E-state index is 0.885. The second-order valence-corrected chi connectivity index (χ2v) is 4.52. The Kier molecular flexibility index (Phi) is 3.02. The minimum Gasteiger partial charge on any atom is -0.379 e. The van der Waals surface area contributed by atoms with Crippen molar-refractivity contribution in [2.24, 2.45) is 0 Å². The molecule has 1 N–H and O–H groups in total. The van der Waals surface area contributed by atoms with Gasteiger partial charge in [0.05, 0.1) is 11.4 Å². The third-order valence-electron chi connectivity index (χ3n) is 2.41. The van der Waals surface area contributed by atoms with E-state index in [-0.39, 0.29) is 0 Å². The SMILES string of the molecule is Cc1ccsc1CNc1cccnc1C. The van der Waals surface area contributed by atoms with Gasteiger partial charge in [0.2, 0.25) is 0 Å². The summed E-state index contributed by atoms with van der Waals surface area (Å²) in [7, 11) is 0. The summed E-state index contributed by atoms with van der Waals surface area (Å²) in [5.74, 6) is 0. The average Bonchev–Trinajstić information content (AvgIpc) is 2.63. The first-order chi connectivity index (χ1) is 7.27. The lowest BCUT2D eigenvalue weighted by atomic mass is 10.2. The Morgan fingerprint density at radius 2 is 2.20 bits per heavy atom. The molecule has 2 heterocycles. The van der Waals surface area contributed by atoms with Gasteiger partial charge in [-0.05, 0) is 43.0 Å². The van der Waals surface area contributed by atoms with Gasteiger partial charge in [0.1, 0.15) is 0 Å². The molecule has 2 aromatic rings. The van der Waals surface area contributed by atoms with Crippen molar-refractivity contribution in [1.82, 2.24) is 4.98 Å². The molecule has 15 heavy (non-hydrogen) atoms. The summed E-state index contributed by atoms with van der Waals surface area (Å²) >= 11 is 1.79. The predicted molar refractivity (Wildman–Crippen MR) is 65.4 cm³/mol. The largest absolute Gasteiger partial charge is 0.379 e. The monoisotopic (exact) mass is 218 g/mol. The number of hydrogen-bond acceptors (Lipinski definition) is 3. The third-order valence-corrected chi connectivity index (χ3v) is 3.44. The van der Waals surface area contributed by atoms with Crippen molar-refractivity contribution in [3.63, 3.8) is 0 Å². The van der Waals surface area contributed by atoms with Gasteiger partial charge in [0.25, 0.3) is 0 Å². The van der Waals surface area contributed by atoms with Gasteiger partial charge in [-0.1, -0.05) is 0 Å². The summed E-state index contributed by atoms with van der Waals surface area (Å²) < 4.78 is 0. The Labute approximate surface area is 94.0 Å². The molecule has 0 bridgehead atoms. The molecule has 0 radical (unpaired) electrons. The van der Waals surface area contributed by atoms with Gasteiger partial charge in [-0.2, -0.15) is 0 Å². The Hall–Kier alpha value is -1.35. The second kappa shape index (κ2) is 4.45. The normalized spacial score (nSPS) is 10.3. The van der Waals surface area contributed by atoms with Crippen molar-refractivity contribution in [3.05, 3.63) is 45.9 Å². The highest BCUT2D eigenvalue weighted by Crippen LogP contribution is 2.18. The van der Waals surface area contributed by atoms with Crippen LogP contribution in [-0.2, 0) is 6.54 Å². The molecule has 3 heteroatoms. The van der Waals surface area contributed by atoms with Crippen LogP contribution in [0.3, 0.4) is 0 Å². The molecule has 78 valence electrons. The van der Waals surface area contributed by atoms with Crippen molar-refractivity contribution in [3.8, 4) is 0 Å². The molecule has 2 aromatic heterocycles. The number of nitrogens with zero attached hydrogens (tertiary/aromatic N) is 1. The third kappa shape index (κ3) is 2.36. The lowest BCUT2D eigenvalue weighted by Gasteiger charge is -2.07. The summed E-state index contributed by atoms with van der Waals surface area (Å²) in [6, 6.07) is 6.17. The number of anilines is 1. The summed E-state index contributed by atoms with van der Waals surface area (Å²) in [6.07, 6.45) is 1.82. The van der Waals surface area contributed by atoms with Crippen LogP contribution in [0.25, 0.3) is 0 Å². The number of nitrogens with one attached hydrogen (secondary N) is 1. The van der Waals surface area contributed by atoms with E-state index in [0.29, 0.717) is 0 Å². The molecular formula is C12H14N2S. The number of thiophene rings is 1. The topological polar surface area (TPSA) is 24.9 Å². The highest BCUT2D eigenvalue weighted by molar-refractivity contribution is 7.10. The maximum atomic E-state index is 4.24. The van der Waals surface area contributed by atoms with Gasteiger partial charge in [0, 0.05) is 17.6 Å². The first-order valence-corrected chi connectivity index (χ1v) is 5.84. The number of rotatable bonds is 3. The van der Waals surface area contributed by atoms with E-state index in [1.165, 1.54) is 10.4 Å². The van der Waals surface area contributed by atoms with Crippen LogP contribution in [0.1, 0.15) is 16.1 Å². The number of hydrogen-bond donors (Lipinski definition) is 1. The van der Waals surface area contributed by atoms with Crippen molar-refractivity contribution in [2.75, 3.05) is 5.32 Å². The van der Waals surface area contributed by atoms with Crippen LogP contribution < -0.4 is 5.32 Å². The fraction of sp³-hybridized carbons (Fsp3) is 0.250. The van der Waals surface area contributed by atoms with E-state index in [4.69, 9.17) is 0 Å². The van der Waals surface area contributed by atoms with Crippen LogP contribution in [0.15, 0.2) is 29.8 Å². The van der Waals surface area contributed by atoms with Crippen LogP contribution in [0.4, 0.5) is 5.69 Å². The number of aromatic nitrogens is 1. The van der Waals surface area contributed by atoms with E-state index in [0.717, 1.165) is 17.9 Å². The molecule has 0 amide bonds. The molecule has 2 rings (SSSR count). The standard InChI is InChI=1S/C12H14N2S/c1-9-5-7-15-12(9)8-14-11-4-3-6-13-10(11)2/h3-7,14H,8H2,1-2H3. The Balaban J connectivity index is 2.06. The molecule has 2 nitrogen and oxygen atoms in total. The molecule has 0 aromatic carbocycles. The van der Waals surface area contributed by atoms with Crippen molar-refractivity contribution in [1.29, 1.82) is 0 Å². The minimum absolute atomic E-state index is 0.885. The van der Waals surface area contributed by atoms with E-state index in [1.807, 2.05) is 19.2 Å². The summed E-state index contributed by atoms with van der Waals surface area (Å²) in [5.41, 5.74) is 3.52. The molecule has 0 aliphatic carbocycles. The molecule has 0 aliphatic rings. The molecular weight excluding hydrogens is 204 g/mol. The Morgan fingerprint density at radius 3 is 2.87 bits per heavy atom. The van der Waals surface area contributed by atoms with Crippen LogP contribution >= 0.6 is 11.3 Å². The molecule has 0 atom stereocenters. The van der Waals surface area contributed by atoms with Gasteiger partial charge < -0.3 is 5.32 Å². The van der Waals surface area contributed by atoms with Crippen molar-refractivity contribution in [2.45, 2.75) is 20.4 Å². The van der Waals surface area contributed by atoms with Gasteiger partial charge in [-0.3, -0.25) is 4.98 Å². The number of aryl methyl sites for hydroxylation is 2. The quantitative estimate of drug-likeness (QED) is 0.854. The first kappa shape index (κ1) is 10.2. The van der Waals surface area contributed by atoms with Gasteiger partial charge in [-0.15, -0.1) is 11.3 Å². The van der Waals surface area contributed by atoms with Crippen LogP contribution in [0, 0.1) is 13.8 Å². The fourth-order valence-electron chi connectivity index (χ4n) is 1.43. The predicted octanol–water partition coefficient (Wildman–Crippen LogP) is 3.37. The lowest BCUT2D eigenvalue weighted by molar-refractivity contribution is 1.12. The first-order valence-electron chi connectivity index (χ1n) is 4.96. The van der Waals surface area contributed by atoms with Gasteiger partial charge in [0.15, 0.2) is 0 Å². The maximum absolute atomic E-state index is 4.24. The molecule has 0 fully saturated rings. The van der Waals surface area contributed by atoms with E-state index in [1.54, 1.807) is 11.3 Å². The maximum Gasteiger partial charge on any atom is 0.0603 e. The summed E-state index contributed by atoms with van der Waals surface area (Å²) in [4.78, 5) is 5.63. The second-order valence-electron chi connectivity index (χ2n) is 3.52. The van der Waals surface area contributed by atoms with Gasteiger partial charge >= 0.3 is 0 Å². The van der Waals surface area contributed by atoms with Crippen molar-refractivity contribution >= 4 is 17.0 Å². The lowest BCUT2D eigenvalue weighted by Crippen LogP contribution is -2.01. The zero-order valence-corrected chi connectivity index (χ0v) is 9.77.